The molecule has 0 rings (SSSR count). The van der Waals surface area contributed by atoms with Crippen LogP contribution in [-0.4, -0.2) is 131 Å². The van der Waals surface area contributed by atoms with E-state index in [4.69, 9.17) is 0 Å². The molecule has 0 spiro atoms. The highest BCUT2D eigenvalue weighted by atomic mass is 15.3. The number of hydrogen-bond donors (Lipinski definition) is 1. The van der Waals surface area contributed by atoms with E-state index in [1.54, 1.807) is 0 Å². The maximum atomic E-state index is 2.12. The van der Waals surface area contributed by atoms with Crippen LogP contribution in [0.3, 0.4) is 0 Å². The van der Waals surface area contributed by atoms with Crippen LogP contribution in [0.15, 0.2) is 0 Å². The molecule has 0 aromatic heterocycles. The Hall–Kier alpha value is -0.200. The van der Waals surface area contributed by atoms with Gasteiger partial charge in [0.2, 0.25) is 0 Å². The van der Waals surface area contributed by atoms with E-state index in [2.05, 4.69) is 113 Å². The standard InChI is InChI=1S/4C4H12N.H3N/c4*1-5(2,3)4;/h4*1-4H3;1H3/q4*+1;. The van der Waals surface area contributed by atoms with Gasteiger partial charge >= 0.3 is 0 Å². The van der Waals surface area contributed by atoms with Crippen molar-refractivity contribution >= 4 is 0 Å². The molecule has 21 heavy (non-hydrogen) atoms. The molecule has 0 bridgehead atoms. The molecule has 0 aliphatic carbocycles. The first kappa shape index (κ1) is 32.7. The lowest BCUT2D eigenvalue weighted by molar-refractivity contribution is -0.849. The summed E-state index contributed by atoms with van der Waals surface area (Å²) in [5, 5.41) is 0. The largest absolute Gasteiger partial charge is 0.344 e. The van der Waals surface area contributed by atoms with E-state index >= 15 is 0 Å². The van der Waals surface area contributed by atoms with E-state index in [0.717, 1.165) is 17.9 Å². The Bertz CT molecular complexity index is 127. The molecule has 5 nitrogen and oxygen atoms in total. The van der Waals surface area contributed by atoms with Gasteiger partial charge in [0.1, 0.15) is 0 Å². The van der Waals surface area contributed by atoms with E-state index in [0.29, 0.717) is 0 Å². The Balaban J connectivity index is -0.0000000533. The minimum Gasteiger partial charge on any atom is -0.344 e. The average Bonchev–Trinajstić information content (AvgIpc) is 1.62. The zero-order valence-corrected chi connectivity index (χ0v) is 18.5. The Morgan fingerprint density at radius 2 is 0.238 bits per heavy atom. The third kappa shape index (κ3) is 157000. The van der Waals surface area contributed by atoms with E-state index in [-0.39, 0.29) is 6.15 Å². The zero-order chi connectivity index (χ0) is 18.0. The fourth-order valence-electron chi connectivity index (χ4n) is 0. The highest BCUT2D eigenvalue weighted by Gasteiger charge is 1.89. The van der Waals surface area contributed by atoms with Crippen molar-refractivity contribution < 1.29 is 17.9 Å². The van der Waals surface area contributed by atoms with Gasteiger partial charge in [0.25, 0.3) is 0 Å². The van der Waals surface area contributed by atoms with E-state index < -0.39 is 0 Å². The third-order valence-electron chi connectivity index (χ3n) is 0. The molecule has 0 saturated carbocycles. The van der Waals surface area contributed by atoms with Crippen molar-refractivity contribution in [2.75, 3.05) is 113 Å². The van der Waals surface area contributed by atoms with Crippen molar-refractivity contribution in [1.82, 2.24) is 6.15 Å². The average molecular weight is 314 g/mol. The molecule has 136 valence electrons. The molecular formula is C16H51N5+4. The fourth-order valence-corrected chi connectivity index (χ4v) is 0. The van der Waals surface area contributed by atoms with Gasteiger partial charge in [0.05, 0.1) is 113 Å². The number of rotatable bonds is 0. The minimum atomic E-state index is 0. The van der Waals surface area contributed by atoms with E-state index in [9.17, 15) is 0 Å². The molecule has 0 aromatic rings. The lowest BCUT2D eigenvalue weighted by atomic mass is 10.8. The Labute approximate surface area is 137 Å². The van der Waals surface area contributed by atoms with Gasteiger partial charge in [-0.15, -0.1) is 0 Å². The van der Waals surface area contributed by atoms with Crippen LogP contribution < -0.4 is 6.15 Å². The smallest absolute Gasteiger partial charge is 0.0675 e. The molecule has 5 heteroatoms. The highest BCUT2D eigenvalue weighted by Crippen LogP contribution is 1.74. The van der Waals surface area contributed by atoms with E-state index in [1.807, 2.05) is 0 Å². The van der Waals surface area contributed by atoms with Crippen LogP contribution in [0.4, 0.5) is 0 Å². The zero-order valence-electron chi connectivity index (χ0n) is 18.5. The Morgan fingerprint density at radius 1 is 0.238 bits per heavy atom. The number of quaternary nitrogens is 4. The number of hydrogen-bond acceptors (Lipinski definition) is 1. The van der Waals surface area contributed by atoms with Crippen molar-refractivity contribution in [2.45, 2.75) is 0 Å². The summed E-state index contributed by atoms with van der Waals surface area (Å²) in [5.74, 6) is 0. The van der Waals surface area contributed by atoms with Gasteiger partial charge in [0, 0.05) is 0 Å². The van der Waals surface area contributed by atoms with Gasteiger partial charge < -0.3 is 24.1 Å². The van der Waals surface area contributed by atoms with Crippen LogP contribution >= 0.6 is 0 Å². The summed E-state index contributed by atoms with van der Waals surface area (Å²) in [4.78, 5) is 0. The maximum absolute atomic E-state index is 2.12. The van der Waals surface area contributed by atoms with Crippen LogP contribution in [0.2, 0.25) is 0 Å². The fraction of sp³-hybridized carbons (Fsp3) is 1.00. The van der Waals surface area contributed by atoms with Gasteiger partial charge in [-0.05, 0) is 0 Å². The van der Waals surface area contributed by atoms with Crippen LogP contribution in [0.1, 0.15) is 0 Å². The molecule has 0 aromatic carbocycles. The highest BCUT2D eigenvalue weighted by molar-refractivity contribution is 3.88. The van der Waals surface area contributed by atoms with Crippen LogP contribution in [-0.2, 0) is 0 Å². The second-order valence-electron chi connectivity index (χ2n) is 10.7. The molecule has 0 saturated heterocycles. The first-order valence-corrected chi connectivity index (χ1v) is 7.16. The lowest BCUT2D eigenvalue weighted by Gasteiger charge is -2.14. The topological polar surface area (TPSA) is 35.0 Å². The predicted octanol–water partition coefficient (Wildman–Crippen LogP) is 1.45. The molecular weight excluding hydrogens is 262 g/mol. The Kier molecular flexibility index (Phi) is 19.2. The minimum absolute atomic E-state index is 0. The summed E-state index contributed by atoms with van der Waals surface area (Å²) >= 11 is 0. The van der Waals surface area contributed by atoms with Gasteiger partial charge in [-0.3, -0.25) is 0 Å². The molecule has 0 aliphatic heterocycles. The van der Waals surface area contributed by atoms with Crippen molar-refractivity contribution in [3.8, 4) is 0 Å². The van der Waals surface area contributed by atoms with Gasteiger partial charge in [-0.1, -0.05) is 0 Å². The first-order valence-electron chi connectivity index (χ1n) is 7.16. The summed E-state index contributed by atoms with van der Waals surface area (Å²) in [5.41, 5.74) is 0. The monoisotopic (exact) mass is 313 g/mol. The van der Waals surface area contributed by atoms with Crippen LogP contribution in [0.25, 0.3) is 0 Å². The van der Waals surface area contributed by atoms with Crippen LogP contribution in [0.5, 0.6) is 0 Å². The SMILES string of the molecule is C[N+](C)(C)C.C[N+](C)(C)C.C[N+](C)(C)C.C[N+](C)(C)C.N. The van der Waals surface area contributed by atoms with Gasteiger partial charge in [0.15, 0.2) is 0 Å². The Morgan fingerprint density at radius 3 is 0.238 bits per heavy atom. The summed E-state index contributed by atoms with van der Waals surface area (Å²) in [6.45, 7) is 0. The van der Waals surface area contributed by atoms with Crippen molar-refractivity contribution in [3.05, 3.63) is 0 Å². The molecule has 0 radical (unpaired) electrons. The first-order chi connectivity index (χ1) is 8.00. The summed E-state index contributed by atoms with van der Waals surface area (Å²) in [6.07, 6.45) is 0. The second kappa shape index (κ2) is 12.4. The maximum Gasteiger partial charge on any atom is 0.0675 e. The van der Waals surface area contributed by atoms with Gasteiger partial charge in [-0.2, -0.15) is 0 Å². The number of nitrogens with zero attached hydrogens (tertiary/aromatic N) is 4. The molecule has 0 aliphatic rings. The lowest BCUT2D eigenvalue weighted by Crippen LogP contribution is -2.27. The van der Waals surface area contributed by atoms with E-state index in [1.165, 1.54) is 0 Å². The summed E-state index contributed by atoms with van der Waals surface area (Å²) < 4.78 is 4.00. The molecule has 0 atom stereocenters. The van der Waals surface area contributed by atoms with Crippen molar-refractivity contribution in [3.63, 3.8) is 0 Å². The van der Waals surface area contributed by atoms with Crippen LogP contribution in [0, 0.1) is 0 Å². The van der Waals surface area contributed by atoms with Crippen molar-refractivity contribution in [1.29, 1.82) is 0 Å². The third-order valence-corrected chi connectivity index (χ3v) is 0. The normalized spacial score (nSPS) is 11.4. The summed E-state index contributed by atoms with van der Waals surface area (Å²) in [7, 11) is 34.0. The van der Waals surface area contributed by atoms with Crippen molar-refractivity contribution in [2.24, 2.45) is 0 Å². The molecule has 0 amide bonds. The second-order valence-corrected chi connectivity index (χ2v) is 10.7. The predicted molar refractivity (Wildman–Crippen MR) is 101 cm³/mol. The molecule has 0 fully saturated rings. The quantitative estimate of drug-likeness (QED) is 0.675. The van der Waals surface area contributed by atoms with Gasteiger partial charge in [-0.25, -0.2) is 0 Å². The summed E-state index contributed by atoms with van der Waals surface area (Å²) in [6, 6.07) is 0. The molecule has 0 heterocycles. The molecule has 0 unspecified atom stereocenters. The molecule has 3 N–H and O–H groups in total.